The molecule has 1 aromatic rings. The highest BCUT2D eigenvalue weighted by molar-refractivity contribution is 5.45. The molecule has 0 fully saturated rings. The molecule has 1 rings (SSSR count). The molecule has 0 amide bonds. The zero-order valence-corrected chi connectivity index (χ0v) is 8.42. The lowest BCUT2D eigenvalue weighted by Gasteiger charge is -2.13. The molecule has 0 heterocycles. The SMILES string of the molecule is C=[C]c1cccc(C(C)C)c1OC. The predicted octanol–water partition coefficient (Wildman–Crippen LogP) is 3.16. The van der Waals surface area contributed by atoms with Crippen LogP contribution in [0.15, 0.2) is 24.8 Å². The molecule has 1 aromatic carbocycles. The first-order valence-electron chi connectivity index (χ1n) is 4.40. The second-order valence-corrected chi connectivity index (χ2v) is 3.26. The molecular weight excluding hydrogens is 160 g/mol. The van der Waals surface area contributed by atoms with Crippen molar-refractivity contribution in [1.29, 1.82) is 0 Å². The van der Waals surface area contributed by atoms with Crippen molar-refractivity contribution in [3.63, 3.8) is 0 Å². The monoisotopic (exact) mass is 175 g/mol. The van der Waals surface area contributed by atoms with Gasteiger partial charge in [0.1, 0.15) is 5.75 Å². The van der Waals surface area contributed by atoms with Gasteiger partial charge in [0.25, 0.3) is 0 Å². The summed E-state index contributed by atoms with van der Waals surface area (Å²) in [6.45, 7) is 7.92. The molecule has 0 aliphatic carbocycles. The standard InChI is InChI=1S/C12H15O/c1-5-10-7-6-8-11(9(2)3)12(10)13-4/h6-9H,1H2,2-4H3. The van der Waals surface area contributed by atoms with Gasteiger partial charge < -0.3 is 4.74 Å². The van der Waals surface area contributed by atoms with Gasteiger partial charge in [-0.15, -0.1) is 0 Å². The lowest BCUT2D eigenvalue weighted by Crippen LogP contribution is -1.96. The number of hydrogen-bond donors (Lipinski definition) is 0. The first-order chi connectivity index (χ1) is 6.20. The van der Waals surface area contributed by atoms with Gasteiger partial charge in [0, 0.05) is 5.56 Å². The number of hydrogen-bond acceptors (Lipinski definition) is 1. The Morgan fingerprint density at radius 2 is 2.08 bits per heavy atom. The number of benzene rings is 1. The molecule has 0 N–H and O–H groups in total. The van der Waals surface area contributed by atoms with Crippen LogP contribution in [0.2, 0.25) is 0 Å². The van der Waals surface area contributed by atoms with E-state index in [4.69, 9.17) is 4.74 Å². The Morgan fingerprint density at radius 3 is 2.54 bits per heavy atom. The van der Waals surface area contributed by atoms with Crippen molar-refractivity contribution >= 4 is 0 Å². The minimum absolute atomic E-state index is 0.461. The topological polar surface area (TPSA) is 9.23 Å². The van der Waals surface area contributed by atoms with E-state index in [1.807, 2.05) is 12.1 Å². The van der Waals surface area contributed by atoms with E-state index in [1.165, 1.54) is 5.56 Å². The zero-order valence-electron chi connectivity index (χ0n) is 8.42. The fraction of sp³-hybridized carbons (Fsp3) is 0.333. The zero-order chi connectivity index (χ0) is 9.84. The molecule has 0 bridgehead atoms. The molecule has 0 saturated carbocycles. The van der Waals surface area contributed by atoms with E-state index in [2.05, 4.69) is 32.6 Å². The Bertz CT molecular complexity index is 300. The molecule has 0 unspecified atom stereocenters. The molecule has 0 aromatic heterocycles. The second kappa shape index (κ2) is 4.13. The smallest absolute Gasteiger partial charge is 0.130 e. The Labute approximate surface area is 80.0 Å². The maximum absolute atomic E-state index is 5.33. The van der Waals surface area contributed by atoms with Gasteiger partial charge in [-0.05, 0) is 17.6 Å². The molecule has 13 heavy (non-hydrogen) atoms. The van der Waals surface area contributed by atoms with E-state index >= 15 is 0 Å². The van der Waals surface area contributed by atoms with Crippen LogP contribution in [0.25, 0.3) is 0 Å². The van der Waals surface area contributed by atoms with Gasteiger partial charge in [-0.3, -0.25) is 0 Å². The van der Waals surface area contributed by atoms with Gasteiger partial charge in [0.15, 0.2) is 0 Å². The molecule has 0 saturated heterocycles. The van der Waals surface area contributed by atoms with Crippen LogP contribution in [0.3, 0.4) is 0 Å². The maximum Gasteiger partial charge on any atom is 0.130 e. The summed E-state index contributed by atoms with van der Waals surface area (Å²) in [7, 11) is 1.68. The van der Waals surface area contributed by atoms with Gasteiger partial charge in [0.05, 0.1) is 7.11 Å². The van der Waals surface area contributed by atoms with E-state index < -0.39 is 0 Å². The Balaban J connectivity index is 3.26. The normalized spacial score (nSPS) is 10.2. The highest BCUT2D eigenvalue weighted by atomic mass is 16.5. The van der Waals surface area contributed by atoms with Gasteiger partial charge in [-0.1, -0.05) is 38.6 Å². The van der Waals surface area contributed by atoms with E-state index in [1.54, 1.807) is 7.11 Å². The number of methoxy groups -OCH3 is 1. The first kappa shape index (κ1) is 9.85. The molecule has 0 spiro atoms. The minimum Gasteiger partial charge on any atom is -0.496 e. The van der Waals surface area contributed by atoms with Crippen LogP contribution in [0.5, 0.6) is 5.75 Å². The van der Waals surface area contributed by atoms with E-state index in [0.717, 1.165) is 11.3 Å². The summed E-state index contributed by atoms with van der Waals surface area (Å²) >= 11 is 0. The summed E-state index contributed by atoms with van der Waals surface area (Å²) in [5, 5.41) is 0. The average Bonchev–Trinajstić information content (AvgIpc) is 2.16. The van der Waals surface area contributed by atoms with Crippen molar-refractivity contribution in [2.24, 2.45) is 0 Å². The molecule has 69 valence electrons. The quantitative estimate of drug-likeness (QED) is 0.685. The van der Waals surface area contributed by atoms with Crippen molar-refractivity contribution in [2.45, 2.75) is 19.8 Å². The Morgan fingerprint density at radius 1 is 1.38 bits per heavy atom. The molecular formula is C12H15O. The van der Waals surface area contributed by atoms with Crippen LogP contribution >= 0.6 is 0 Å². The Hall–Kier alpha value is -1.24. The molecule has 0 atom stereocenters. The minimum atomic E-state index is 0.461. The summed E-state index contributed by atoms with van der Waals surface area (Å²) in [5.41, 5.74) is 2.14. The van der Waals surface area contributed by atoms with Gasteiger partial charge in [-0.25, -0.2) is 0 Å². The third-order valence-corrected chi connectivity index (χ3v) is 2.06. The van der Waals surface area contributed by atoms with Crippen LogP contribution in [0.1, 0.15) is 30.9 Å². The third-order valence-electron chi connectivity index (χ3n) is 2.06. The highest BCUT2D eigenvalue weighted by Crippen LogP contribution is 2.29. The average molecular weight is 175 g/mol. The van der Waals surface area contributed by atoms with Crippen molar-refractivity contribution in [3.8, 4) is 5.75 Å². The molecule has 0 aliphatic rings. The molecule has 0 aliphatic heterocycles. The van der Waals surface area contributed by atoms with Crippen molar-refractivity contribution < 1.29 is 4.74 Å². The lowest BCUT2D eigenvalue weighted by molar-refractivity contribution is 0.405. The first-order valence-corrected chi connectivity index (χ1v) is 4.40. The molecule has 1 nitrogen and oxygen atoms in total. The summed E-state index contributed by atoms with van der Waals surface area (Å²) in [6, 6.07) is 6.04. The van der Waals surface area contributed by atoms with Crippen molar-refractivity contribution in [2.75, 3.05) is 7.11 Å². The number of para-hydroxylation sites is 1. The summed E-state index contributed by atoms with van der Waals surface area (Å²) < 4.78 is 5.33. The predicted molar refractivity (Wildman–Crippen MR) is 55.1 cm³/mol. The lowest BCUT2D eigenvalue weighted by atomic mass is 9.99. The summed E-state index contributed by atoms with van der Waals surface area (Å²) in [5.74, 6) is 1.36. The Kier molecular flexibility index (Phi) is 3.13. The van der Waals surface area contributed by atoms with Crippen molar-refractivity contribution in [1.82, 2.24) is 0 Å². The van der Waals surface area contributed by atoms with E-state index in [-0.39, 0.29) is 0 Å². The van der Waals surface area contributed by atoms with Gasteiger partial charge in [0.2, 0.25) is 0 Å². The molecule has 1 radical (unpaired) electrons. The van der Waals surface area contributed by atoms with Crippen molar-refractivity contribution in [3.05, 3.63) is 42.0 Å². The van der Waals surface area contributed by atoms with E-state index in [9.17, 15) is 0 Å². The van der Waals surface area contributed by atoms with E-state index in [0.29, 0.717) is 5.92 Å². The van der Waals surface area contributed by atoms with Crippen LogP contribution in [0, 0.1) is 6.08 Å². The van der Waals surface area contributed by atoms with Gasteiger partial charge in [-0.2, -0.15) is 0 Å². The van der Waals surface area contributed by atoms with Gasteiger partial charge >= 0.3 is 0 Å². The summed E-state index contributed by atoms with van der Waals surface area (Å²) in [4.78, 5) is 0. The number of rotatable bonds is 3. The molecule has 1 heteroatoms. The fourth-order valence-corrected chi connectivity index (χ4v) is 1.38. The van der Waals surface area contributed by atoms with Crippen LogP contribution in [-0.2, 0) is 0 Å². The fourth-order valence-electron chi connectivity index (χ4n) is 1.38. The number of ether oxygens (including phenoxy) is 1. The second-order valence-electron chi connectivity index (χ2n) is 3.26. The van der Waals surface area contributed by atoms with Crippen LogP contribution < -0.4 is 4.74 Å². The van der Waals surface area contributed by atoms with Crippen LogP contribution in [-0.4, -0.2) is 7.11 Å². The summed E-state index contributed by atoms with van der Waals surface area (Å²) in [6.07, 6.45) is 2.87. The highest BCUT2D eigenvalue weighted by Gasteiger charge is 2.09. The maximum atomic E-state index is 5.33. The third kappa shape index (κ3) is 1.92. The largest absolute Gasteiger partial charge is 0.496 e. The van der Waals surface area contributed by atoms with Crippen LogP contribution in [0.4, 0.5) is 0 Å².